The van der Waals surface area contributed by atoms with Crippen molar-refractivity contribution in [3.05, 3.63) is 71.7 Å². The van der Waals surface area contributed by atoms with Crippen LogP contribution in [0.25, 0.3) is 11.4 Å². The fourth-order valence-corrected chi connectivity index (χ4v) is 5.45. The van der Waals surface area contributed by atoms with Crippen LogP contribution in [0, 0.1) is 11.6 Å². The number of alkyl halides is 3. The van der Waals surface area contributed by atoms with E-state index < -0.39 is 23.4 Å². The number of anilines is 1. The van der Waals surface area contributed by atoms with Crippen molar-refractivity contribution in [1.82, 2.24) is 19.9 Å². The Morgan fingerprint density at radius 3 is 2.18 bits per heavy atom. The van der Waals surface area contributed by atoms with Crippen LogP contribution in [0.1, 0.15) is 28.8 Å². The number of piperazine rings is 1. The first-order chi connectivity index (χ1) is 16.3. The molecule has 2 aromatic heterocycles. The number of rotatable bonds is 3. The zero-order valence-corrected chi connectivity index (χ0v) is 17.4. The van der Waals surface area contributed by atoms with Gasteiger partial charge < -0.3 is 9.80 Å². The van der Waals surface area contributed by atoms with Gasteiger partial charge in [0, 0.05) is 6.20 Å². The quantitative estimate of drug-likeness (QED) is 0.424. The van der Waals surface area contributed by atoms with Crippen LogP contribution < -0.4 is 4.90 Å². The Hall–Kier alpha value is -3.63. The molecule has 2 bridgehead atoms. The number of benzene rings is 1. The third-order valence-corrected chi connectivity index (χ3v) is 6.83. The van der Waals surface area contributed by atoms with E-state index in [1.54, 1.807) is 4.90 Å². The van der Waals surface area contributed by atoms with Crippen molar-refractivity contribution < 1.29 is 26.7 Å². The molecule has 3 aliphatic heterocycles. The molecule has 5 heterocycles. The molecule has 174 valence electrons. The first kappa shape index (κ1) is 20.9. The summed E-state index contributed by atoms with van der Waals surface area (Å²) in [7, 11) is 0. The maximum Gasteiger partial charge on any atom is 0.417 e. The molecule has 0 aliphatic carbocycles. The van der Waals surface area contributed by atoms with Crippen molar-refractivity contribution in [3.63, 3.8) is 0 Å². The number of aromatic nitrogens is 3. The highest BCUT2D eigenvalue weighted by atomic mass is 19.4. The monoisotopic (exact) mass is 473 g/mol. The maximum atomic E-state index is 14.7. The van der Waals surface area contributed by atoms with Gasteiger partial charge in [0.1, 0.15) is 11.6 Å². The molecule has 4 atom stereocenters. The topological polar surface area (TPSA) is 62.0 Å². The number of pyridine rings is 1. The summed E-state index contributed by atoms with van der Waals surface area (Å²) in [5.41, 5.74) is -0.817. The Labute approximate surface area is 190 Å². The van der Waals surface area contributed by atoms with Crippen molar-refractivity contribution in [1.29, 1.82) is 0 Å². The zero-order valence-electron chi connectivity index (χ0n) is 17.4. The lowest BCUT2D eigenvalue weighted by Gasteiger charge is -2.29. The molecule has 4 unspecified atom stereocenters. The second-order valence-electron chi connectivity index (χ2n) is 8.60. The van der Waals surface area contributed by atoms with Crippen LogP contribution in [0.2, 0.25) is 0 Å². The predicted molar refractivity (Wildman–Crippen MR) is 110 cm³/mol. The van der Waals surface area contributed by atoms with Crippen molar-refractivity contribution in [3.8, 4) is 11.4 Å². The zero-order chi connectivity index (χ0) is 23.8. The summed E-state index contributed by atoms with van der Waals surface area (Å²) in [4.78, 5) is 28.9. The standard InChI is InChI=1S/C23H16F5N5O/c24-12-9-30-21(31-10-12)18-13(2-1-3-14(18)25)22(34)32-15-5-6-16(32)20-19(15)33(20)17-7-4-11(8-29-17)23(26,27)28/h1-4,7-10,15-16,19-20H,5-6H2. The lowest BCUT2D eigenvalue weighted by atomic mass is 10.0. The minimum Gasteiger partial charge on any atom is -0.342 e. The number of halogens is 5. The van der Waals surface area contributed by atoms with E-state index in [-0.39, 0.29) is 47.0 Å². The molecule has 0 saturated carbocycles. The molecular weight excluding hydrogens is 457 g/mol. The molecule has 3 aromatic rings. The minimum atomic E-state index is -4.46. The highest BCUT2D eigenvalue weighted by Crippen LogP contribution is 2.54. The lowest BCUT2D eigenvalue weighted by Crippen LogP contribution is -2.43. The van der Waals surface area contributed by atoms with Gasteiger partial charge in [-0.1, -0.05) is 6.07 Å². The van der Waals surface area contributed by atoms with Crippen LogP contribution in [-0.4, -0.2) is 49.9 Å². The highest BCUT2D eigenvalue weighted by molar-refractivity contribution is 6.01. The number of nitrogens with zero attached hydrogens (tertiary/aromatic N) is 5. The van der Waals surface area contributed by atoms with Crippen LogP contribution in [0.5, 0.6) is 0 Å². The molecule has 0 spiro atoms. The van der Waals surface area contributed by atoms with Gasteiger partial charge in [-0.15, -0.1) is 0 Å². The summed E-state index contributed by atoms with van der Waals surface area (Å²) >= 11 is 0. The van der Waals surface area contributed by atoms with Gasteiger partial charge in [-0.25, -0.2) is 23.7 Å². The Balaban J connectivity index is 1.28. The van der Waals surface area contributed by atoms with Crippen molar-refractivity contribution in [2.24, 2.45) is 0 Å². The number of amides is 1. The first-order valence-corrected chi connectivity index (χ1v) is 10.7. The van der Waals surface area contributed by atoms with E-state index >= 15 is 0 Å². The normalized spacial score (nSPS) is 25.0. The van der Waals surface area contributed by atoms with E-state index in [0.29, 0.717) is 5.82 Å². The SMILES string of the molecule is O=C(c1cccc(F)c1-c1ncc(F)cn1)N1C2CCC1C1C2N1c1ccc(C(F)(F)F)cn1. The van der Waals surface area contributed by atoms with Gasteiger partial charge in [-0.05, 0) is 37.1 Å². The minimum absolute atomic E-state index is 0.0500. The van der Waals surface area contributed by atoms with Crippen LogP contribution in [-0.2, 0) is 6.18 Å². The fourth-order valence-electron chi connectivity index (χ4n) is 5.45. The average Bonchev–Trinajstić information content (AvgIpc) is 3.32. The van der Waals surface area contributed by atoms with Gasteiger partial charge in [0.2, 0.25) is 0 Å². The number of carbonyl (C=O) groups is 1. The molecule has 34 heavy (non-hydrogen) atoms. The molecule has 1 amide bonds. The molecule has 3 saturated heterocycles. The van der Waals surface area contributed by atoms with E-state index in [0.717, 1.165) is 37.5 Å². The van der Waals surface area contributed by atoms with E-state index in [2.05, 4.69) is 15.0 Å². The molecule has 3 aliphatic rings. The van der Waals surface area contributed by atoms with Crippen LogP contribution in [0.15, 0.2) is 48.9 Å². The molecule has 0 radical (unpaired) electrons. The summed E-state index contributed by atoms with van der Waals surface area (Å²) < 4.78 is 66.6. The highest BCUT2D eigenvalue weighted by Gasteiger charge is 2.69. The Bertz CT molecular complexity index is 1260. The number of fused-ring (bicyclic) bond motifs is 5. The van der Waals surface area contributed by atoms with Gasteiger partial charge >= 0.3 is 6.18 Å². The van der Waals surface area contributed by atoms with Crippen molar-refractivity contribution in [2.75, 3.05) is 4.90 Å². The smallest absolute Gasteiger partial charge is 0.342 e. The van der Waals surface area contributed by atoms with Gasteiger partial charge in [-0.2, -0.15) is 13.2 Å². The first-order valence-electron chi connectivity index (χ1n) is 10.7. The fraction of sp³-hybridized carbons (Fsp3) is 0.304. The Morgan fingerprint density at radius 2 is 1.59 bits per heavy atom. The third-order valence-electron chi connectivity index (χ3n) is 6.83. The summed E-state index contributed by atoms with van der Waals surface area (Å²) in [5.74, 6) is -1.39. The summed E-state index contributed by atoms with van der Waals surface area (Å²) in [6, 6.07) is 6.02. The molecule has 3 fully saturated rings. The molecule has 6 rings (SSSR count). The Kier molecular flexibility index (Phi) is 4.42. The predicted octanol–water partition coefficient (Wildman–Crippen LogP) is 4.08. The second-order valence-corrected chi connectivity index (χ2v) is 8.60. The molecule has 6 nitrogen and oxygen atoms in total. The molecule has 0 N–H and O–H groups in total. The van der Waals surface area contributed by atoms with E-state index in [9.17, 15) is 26.7 Å². The van der Waals surface area contributed by atoms with Crippen molar-refractivity contribution >= 4 is 11.7 Å². The maximum absolute atomic E-state index is 14.7. The van der Waals surface area contributed by atoms with Crippen LogP contribution >= 0.6 is 0 Å². The summed E-state index contributed by atoms with van der Waals surface area (Å²) in [6.45, 7) is 0. The van der Waals surface area contributed by atoms with Gasteiger partial charge in [0.15, 0.2) is 11.6 Å². The number of hydrogen-bond donors (Lipinski definition) is 0. The van der Waals surface area contributed by atoms with Crippen molar-refractivity contribution in [2.45, 2.75) is 43.2 Å². The van der Waals surface area contributed by atoms with Gasteiger partial charge in [-0.3, -0.25) is 4.79 Å². The third kappa shape index (κ3) is 3.06. The summed E-state index contributed by atoms with van der Waals surface area (Å²) in [5, 5.41) is 0. The second kappa shape index (κ2) is 7.18. The Morgan fingerprint density at radius 1 is 0.912 bits per heavy atom. The summed E-state index contributed by atoms with van der Waals surface area (Å²) in [6.07, 6.45) is -0.367. The van der Waals surface area contributed by atoms with Gasteiger partial charge in [0.05, 0.1) is 53.3 Å². The van der Waals surface area contributed by atoms with Crippen LogP contribution in [0.4, 0.5) is 27.8 Å². The van der Waals surface area contributed by atoms with Gasteiger partial charge in [0.25, 0.3) is 5.91 Å². The number of hydrogen-bond acceptors (Lipinski definition) is 5. The number of carbonyl (C=O) groups excluding carboxylic acids is 1. The van der Waals surface area contributed by atoms with E-state index in [4.69, 9.17) is 0 Å². The average molecular weight is 473 g/mol. The molecular formula is C23H16F5N5O. The van der Waals surface area contributed by atoms with Crippen LogP contribution in [0.3, 0.4) is 0 Å². The largest absolute Gasteiger partial charge is 0.417 e. The molecule has 1 aromatic carbocycles. The van der Waals surface area contributed by atoms with E-state index in [1.807, 2.05) is 4.90 Å². The lowest BCUT2D eigenvalue weighted by molar-refractivity contribution is -0.137. The van der Waals surface area contributed by atoms with E-state index in [1.165, 1.54) is 24.3 Å². The molecule has 11 heteroatoms.